The van der Waals surface area contributed by atoms with E-state index >= 15 is 0 Å². The lowest BCUT2D eigenvalue weighted by atomic mass is 9.93. The van der Waals surface area contributed by atoms with Gasteiger partial charge in [0, 0.05) is 17.9 Å². The van der Waals surface area contributed by atoms with Crippen LogP contribution in [0.25, 0.3) is 0 Å². The van der Waals surface area contributed by atoms with Gasteiger partial charge >= 0.3 is 0 Å². The third kappa shape index (κ3) is 3.32. The molecule has 2 aromatic carbocycles. The van der Waals surface area contributed by atoms with Gasteiger partial charge < -0.3 is 9.53 Å². The Morgan fingerprint density at radius 3 is 2.30 bits per heavy atom. The zero-order valence-corrected chi connectivity index (χ0v) is 11.3. The van der Waals surface area contributed by atoms with Crippen LogP contribution in [0.1, 0.15) is 28.3 Å². The third-order valence-corrected chi connectivity index (χ3v) is 3.21. The molecule has 3 heteroatoms. The fourth-order valence-electron chi connectivity index (χ4n) is 2.04. The molecule has 1 unspecified atom stereocenters. The second-order valence-electron chi connectivity index (χ2n) is 4.51. The lowest BCUT2D eigenvalue weighted by Gasteiger charge is -2.10. The summed E-state index contributed by atoms with van der Waals surface area (Å²) in [4.78, 5) is 23.4. The SMILES string of the molecule is COc1ccc(C(=O)CC(C=O)c2ccccc2)cc1. The topological polar surface area (TPSA) is 43.4 Å². The van der Waals surface area contributed by atoms with Gasteiger partial charge in [0.2, 0.25) is 0 Å². The van der Waals surface area contributed by atoms with Crippen molar-refractivity contribution in [2.24, 2.45) is 0 Å². The molecule has 2 aromatic rings. The predicted octanol–water partition coefficient (Wildman–Crippen LogP) is 3.25. The first kappa shape index (κ1) is 14.0. The van der Waals surface area contributed by atoms with Crippen molar-refractivity contribution < 1.29 is 14.3 Å². The van der Waals surface area contributed by atoms with Crippen molar-refractivity contribution in [3.63, 3.8) is 0 Å². The molecule has 3 nitrogen and oxygen atoms in total. The Hall–Kier alpha value is -2.42. The van der Waals surface area contributed by atoms with Gasteiger partial charge in [-0.2, -0.15) is 0 Å². The van der Waals surface area contributed by atoms with Crippen LogP contribution < -0.4 is 4.74 Å². The molecular weight excluding hydrogens is 252 g/mol. The largest absolute Gasteiger partial charge is 0.497 e. The molecule has 0 aliphatic carbocycles. The van der Waals surface area contributed by atoms with Crippen molar-refractivity contribution in [2.45, 2.75) is 12.3 Å². The van der Waals surface area contributed by atoms with E-state index in [1.54, 1.807) is 31.4 Å². The Kier molecular flexibility index (Phi) is 4.66. The van der Waals surface area contributed by atoms with Crippen molar-refractivity contribution in [3.8, 4) is 5.75 Å². The summed E-state index contributed by atoms with van der Waals surface area (Å²) in [6, 6.07) is 16.3. The van der Waals surface area contributed by atoms with E-state index in [4.69, 9.17) is 4.74 Å². The Morgan fingerprint density at radius 2 is 1.75 bits per heavy atom. The van der Waals surface area contributed by atoms with Crippen LogP contribution in [0.2, 0.25) is 0 Å². The number of Topliss-reactive ketones (excluding diaryl/α,β-unsaturated/α-hetero) is 1. The number of carbonyl (C=O) groups excluding carboxylic acids is 2. The molecule has 1 atom stereocenters. The van der Waals surface area contributed by atoms with Crippen LogP contribution in [-0.4, -0.2) is 19.2 Å². The quantitative estimate of drug-likeness (QED) is 0.596. The molecule has 0 heterocycles. The maximum absolute atomic E-state index is 12.2. The molecule has 0 aliphatic heterocycles. The minimum absolute atomic E-state index is 0.0476. The number of ketones is 1. The molecule has 0 aromatic heterocycles. The Morgan fingerprint density at radius 1 is 1.10 bits per heavy atom. The molecule has 0 spiro atoms. The molecular formula is C17H16O3. The number of ether oxygens (including phenoxy) is 1. The van der Waals surface area contributed by atoms with E-state index in [0.717, 1.165) is 11.8 Å². The smallest absolute Gasteiger partial charge is 0.163 e. The van der Waals surface area contributed by atoms with Crippen molar-refractivity contribution in [1.29, 1.82) is 0 Å². The first-order chi connectivity index (χ1) is 9.74. The number of methoxy groups -OCH3 is 1. The summed E-state index contributed by atoms with van der Waals surface area (Å²) in [5.41, 5.74) is 1.46. The molecule has 0 amide bonds. The van der Waals surface area contributed by atoms with Gasteiger partial charge in [0.25, 0.3) is 0 Å². The maximum atomic E-state index is 12.2. The molecule has 0 N–H and O–H groups in total. The first-order valence-electron chi connectivity index (χ1n) is 6.42. The fourth-order valence-corrected chi connectivity index (χ4v) is 2.04. The second-order valence-corrected chi connectivity index (χ2v) is 4.51. The normalized spacial score (nSPS) is 11.7. The Labute approximate surface area is 118 Å². The van der Waals surface area contributed by atoms with Crippen LogP contribution in [0.3, 0.4) is 0 Å². The van der Waals surface area contributed by atoms with E-state index < -0.39 is 5.92 Å². The minimum atomic E-state index is -0.397. The summed E-state index contributed by atoms with van der Waals surface area (Å²) in [6.07, 6.45) is 1.01. The van der Waals surface area contributed by atoms with Gasteiger partial charge in [-0.25, -0.2) is 0 Å². The van der Waals surface area contributed by atoms with E-state index in [1.807, 2.05) is 30.3 Å². The summed E-state index contributed by atoms with van der Waals surface area (Å²) in [7, 11) is 1.58. The first-order valence-corrected chi connectivity index (χ1v) is 6.42. The molecule has 0 saturated heterocycles. The van der Waals surface area contributed by atoms with Gasteiger partial charge in [0.05, 0.1) is 7.11 Å². The number of aldehydes is 1. The molecule has 102 valence electrons. The van der Waals surface area contributed by atoms with Gasteiger partial charge in [0.1, 0.15) is 12.0 Å². The number of benzene rings is 2. The average Bonchev–Trinajstić information content (AvgIpc) is 2.53. The molecule has 20 heavy (non-hydrogen) atoms. The van der Waals surface area contributed by atoms with Gasteiger partial charge in [0.15, 0.2) is 5.78 Å². The number of hydrogen-bond donors (Lipinski definition) is 0. The Balaban J connectivity index is 2.11. The van der Waals surface area contributed by atoms with E-state index in [0.29, 0.717) is 11.3 Å². The molecule has 0 radical (unpaired) electrons. The van der Waals surface area contributed by atoms with E-state index in [9.17, 15) is 9.59 Å². The van der Waals surface area contributed by atoms with Crippen LogP contribution in [-0.2, 0) is 4.79 Å². The highest BCUT2D eigenvalue weighted by Gasteiger charge is 2.16. The lowest BCUT2D eigenvalue weighted by molar-refractivity contribution is -0.109. The molecule has 0 fully saturated rings. The second kappa shape index (κ2) is 6.66. The predicted molar refractivity (Wildman–Crippen MR) is 77.2 cm³/mol. The molecule has 0 bridgehead atoms. The standard InChI is InChI=1S/C17H16O3/c1-20-16-9-7-14(8-10-16)17(19)11-15(12-18)13-5-3-2-4-6-13/h2-10,12,15H,11H2,1H3. The van der Waals surface area contributed by atoms with Crippen molar-refractivity contribution in [1.82, 2.24) is 0 Å². The zero-order chi connectivity index (χ0) is 14.4. The summed E-state index contributed by atoms with van der Waals surface area (Å²) in [5.74, 6) is 0.260. The highest BCUT2D eigenvalue weighted by molar-refractivity contribution is 5.98. The summed E-state index contributed by atoms with van der Waals surface area (Å²) < 4.78 is 5.05. The van der Waals surface area contributed by atoms with E-state index in [2.05, 4.69) is 0 Å². The van der Waals surface area contributed by atoms with Crippen LogP contribution in [0.4, 0.5) is 0 Å². The summed E-state index contributed by atoms with van der Waals surface area (Å²) in [5, 5.41) is 0. The maximum Gasteiger partial charge on any atom is 0.163 e. The molecule has 2 rings (SSSR count). The van der Waals surface area contributed by atoms with E-state index in [-0.39, 0.29) is 12.2 Å². The highest BCUT2D eigenvalue weighted by Crippen LogP contribution is 2.20. The number of rotatable bonds is 6. The Bertz CT molecular complexity index is 573. The van der Waals surface area contributed by atoms with Gasteiger partial charge in [-0.15, -0.1) is 0 Å². The van der Waals surface area contributed by atoms with E-state index in [1.165, 1.54) is 0 Å². The average molecular weight is 268 g/mol. The molecule has 0 aliphatic rings. The van der Waals surface area contributed by atoms with Crippen LogP contribution in [0.15, 0.2) is 54.6 Å². The minimum Gasteiger partial charge on any atom is -0.497 e. The van der Waals surface area contributed by atoms with Crippen LogP contribution in [0.5, 0.6) is 5.75 Å². The van der Waals surface area contributed by atoms with Crippen LogP contribution in [0, 0.1) is 0 Å². The van der Waals surface area contributed by atoms with Gasteiger partial charge in [-0.05, 0) is 29.8 Å². The van der Waals surface area contributed by atoms with Gasteiger partial charge in [-0.1, -0.05) is 30.3 Å². The zero-order valence-electron chi connectivity index (χ0n) is 11.3. The van der Waals surface area contributed by atoms with Crippen LogP contribution >= 0.6 is 0 Å². The fraction of sp³-hybridized carbons (Fsp3) is 0.176. The van der Waals surface area contributed by atoms with Gasteiger partial charge in [-0.3, -0.25) is 4.79 Å². The molecule has 0 saturated carbocycles. The third-order valence-electron chi connectivity index (χ3n) is 3.21. The number of carbonyl (C=O) groups is 2. The lowest BCUT2D eigenvalue weighted by Crippen LogP contribution is -2.08. The van der Waals surface area contributed by atoms with Crippen molar-refractivity contribution in [3.05, 3.63) is 65.7 Å². The number of hydrogen-bond acceptors (Lipinski definition) is 3. The monoisotopic (exact) mass is 268 g/mol. The van der Waals surface area contributed by atoms with Crippen molar-refractivity contribution >= 4 is 12.1 Å². The highest BCUT2D eigenvalue weighted by atomic mass is 16.5. The van der Waals surface area contributed by atoms with Crippen molar-refractivity contribution in [2.75, 3.05) is 7.11 Å². The summed E-state index contributed by atoms with van der Waals surface area (Å²) in [6.45, 7) is 0. The summed E-state index contributed by atoms with van der Waals surface area (Å²) >= 11 is 0.